The Hall–Kier alpha value is -2.83. The van der Waals surface area contributed by atoms with Crippen molar-refractivity contribution in [2.24, 2.45) is 5.92 Å². The average Bonchev–Trinajstić information content (AvgIpc) is 2.97. The SMILES string of the molecule is CNc1cc(F)c([C@@H]2CNC(=O)[C@H]2CC(=O)Cc2ccc(F)cc2)c(F)c1. The molecule has 4 nitrogen and oxygen atoms in total. The number of hydrogen-bond acceptors (Lipinski definition) is 3. The van der Waals surface area contributed by atoms with Gasteiger partial charge in [-0.05, 0) is 29.8 Å². The summed E-state index contributed by atoms with van der Waals surface area (Å²) in [6.07, 6.45) is -0.110. The van der Waals surface area contributed by atoms with Crippen LogP contribution in [0.3, 0.4) is 0 Å². The third kappa shape index (κ3) is 4.13. The molecule has 27 heavy (non-hydrogen) atoms. The van der Waals surface area contributed by atoms with Gasteiger partial charge in [-0.1, -0.05) is 12.1 Å². The summed E-state index contributed by atoms with van der Waals surface area (Å²) < 4.78 is 41.8. The second-order valence-corrected chi connectivity index (χ2v) is 6.61. The van der Waals surface area contributed by atoms with E-state index in [0.29, 0.717) is 5.56 Å². The molecule has 1 fully saturated rings. The standard InChI is InChI=1S/C20H19F3N2O2/c1-24-13-7-17(22)19(18(23)8-13)16-10-25-20(27)15(16)9-14(26)6-11-2-4-12(21)5-3-11/h2-5,7-8,15-16,24H,6,9-10H2,1H3,(H,25,27)/t15-,16+/m0/s1. The van der Waals surface area contributed by atoms with Gasteiger partial charge in [0.25, 0.3) is 0 Å². The molecule has 1 aliphatic heterocycles. The van der Waals surface area contributed by atoms with Crippen LogP contribution in [0.5, 0.6) is 0 Å². The Labute approximate surface area is 154 Å². The van der Waals surface area contributed by atoms with Crippen LogP contribution in [0.1, 0.15) is 23.5 Å². The largest absolute Gasteiger partial charge is 0.388 e. The Kier molecular flexibility index (Phi) is 5.48. The first-order valence-corrected chi connectivity index (χ1v) is 8.59. The molecule has 2 aromatic rings. The van der Waals surface area contributed by atoms with Gasteiger partial charge in [0.2, 0.25) is 5.91 Å². The monoisotopic (exact) mass is 376 g/mol. The van der Waals surface area contributed by atoms with Crippen LogP contribution >= 0.6 is 0 Å². The van der Waals surface area contributed by atoms with Crippen LogP contribution in [0.15, 0.2) is 36.4 Å². The molecule has 1 aliphatic rings. The molecule has 0 radical (unpaired) electrons. The van der Waals surface area contributed by atoms with Gasteiger partial charge in [0.1, 0.15) is 23.2 Å². The molecule has 0 bridgehead atoms. The van der Waals surface area contributed by atoms with Crippen LogP contribution in [0.25, 0.3) is 0 Å². The second kappa shape index (κ2) is 7.82. The Balaban J connectivity index is 1.78. The lowest BCUT2D eigenvalue weighted by Crippen LogP contribution is -2.23. The highest BCUT2D eigenvalue weighted by atomic mass is 19.1. The van der Waals surface area contributed by atoms with Gasteiger partial charge in [0.15, 0.2) is 0 Å². The third-order valence-corrected chi connectivity index (χ3v) is 4.82. The van der Waals surface area contributed by atoms with Crippen LogP contribution in [0, 0.1) is 23.4 Å². The second-order valence-electron chi connectivity index (χ2n) is 6.61. The van der Waals surface area contributed by atoms with Gasteiger partial charge in [-0.3, -0.25) is 9.59 Å². The first-order valence-electron chi connectivity index (χ1n) is 8.59. The first-order chi connectivity index (χ1) is 12.9. The van der Waals surface area contributed by atoms with Crippen molar-refractivity contribution < 1.29 is 22.8 Å². The quantitative estimate of drug-likeness (QED) is 0.814. The van der Waals surface area contributed by atoms with Crippen molar-refractivity contribution in [3.8, 4) is 0 Å². The van der Waals surface area contributed by atoms with Crippen molar-refractivity contribution in [1.29, 1.82) is 0 Å². The predicted octanol–water partition coefficient (Wildman–Crippen LogP) is 3.18. The van der Waals surface area contributed by atoms with Crippen molar-refractivity contribution in [3.05, 3.63) is 65.0 Å². The van der Waals surface area contributed by atoms with Gasteiger partial charge >= 0.3 is 0 Å². The van der Waals surface area contributed by atoms with Gasteiger partial charge in [-0.25, -0.2) is 13.2 Å². The van der Waals surface area contributed by atoms with Crippen LogP contribution in [0.4, 0.5) is 18.9 Å². The van der Waals surface area contributed by atoms with E-state index in [4.69, 9.17) is 0 Å². The Morgan fingerprint density at radius 2 is 1.78 bits per heavy atom. The summed E-state index contributed by atoms with van der Waals surface area (Å²) in [5.74, 6) is -4.17. The highest BCUT2D eigenvalue weighted by Gasteiger charge is 2.39. The van der Waals surface area contributed by atoms with Crippen LogP contribution in [-0.2, 0) is 16.0 Å². The van der Waals surface area contributed by atoms with Gasteiger partial charge in [0.05, 0.1) is 5.92 Å². The molecule has 0 saturated carbocycles. The van der Waals surface area contributed by atoms with Crippen molar-refractivity contribution in [3.63, 3.8) is 0 Å². The van der Waals surface area contributed by atoms with E-state index < -0.39 is 35.2 Å². The lowest BCUT2D eigenvalue weighted by atomic mass is 9.83. The minimum absolute atomic E-state index is 0.0282. The van der Waals surface area contributed by atoms with Gasteiger partial charge in [0, 0.05) is 43.6 Å². The molecule has 1 saturated heterocycles. The number of amides is 1. The molecule has 2 aromatic carbocycles. The number of nitrogens with one attached hydrogen (secondary N) is 2. The van der Waals surface area contributed by atoms with Crippen molar-refractivity contribution in [2.45, 2.75) is 18.8 Å². The Morgan fingerprint density at radius 3 is 2.37 bits per heavy atom. The maximum absolute atomic E-state index is 14.4. The number of carbonyl (C=O) groups is 2. The van der Waals surface area contributed by atoms with Gasteiger partial charge in [-0.2, -0.15) is 0 Å². The van der Waals surface area contributed by atoms with E-state index in [1.165, 1.54) is 36.4 Å². The molecule has 142 valence electrons. The Morgan fingerprint density at radius 1 is 1.15 bits per heavy atom. The molecule has 0 aromatic heterocycles. The number of halogens is 3. The zero-order valence-electron chi connectivity index (χ0n) is 14.7. The van der Waals surface area contributed by atoms with Crippen LogP contribution in [0.2, 0.25) is 0 Å². The molecule has 0 unspecified atom stereocenters. The fraction of sp³-hybridized carbons (Fsp3) is 0.300. The normalized spacial score (nSPS) is 19.0. The molecular formula is C20H19F3N2O2. The van der Waals surface area contributed by atoms with E-state index >= 15 is 0 Å². The summed E-state index contributed by atoms with van der Waals surface area (Å²) in [5.41, 5.74) is 0.717. The smallest absolute Gasteiger partial charge is 0.224 e. The maximum Gasteiger partial charge on any atom is 0.224 e. The maximum atomic E-state index is 14.4. The predicted molar refractivity (Wildman–Crippen MR) is 94.9 cm³/mol. The molecule has 1 amide bonds. The third-order valence-electron chi connectivity index (χ3n) is 4.82. The van der Waals surface area contributed by atoms with Crippen molar-refractivity contribution in [2.75, 3.05) is 18.9 Å². The van der Waals surface area contributed by atoms with E-state index in [2.05, 4.69) is 10.6 Å². The first kappa shape index (κ1) is 18.9. The van der Waals surface area contributed by atoms with E-state index in [-0.39, 0.29) is 36.4 Å². The lowest BCUT2D eigenvalue weighted by Gasteiger charge is -2.19. The lowest BCUT2D eigenvalue weighted by molar-refractivity contribution is -0.127. The molecule has 2 N–H and O–H groups in total. The summed E-state index contributed by atoms with van der Waals surface area (Å²) in [6.45, 7) is 0.0695. The van der Waals surface area contributed by atoms with Gasteiger partial charge < -0.3 is 10.6 Å². The number of hydrogen-bond donors (Lipinski definition) is 2. The number of rotatable bonds is 6. The van der Waals surface area contributed by atoms with E-state index in [1.807, 2.05) is 0 Å². The Bertz CT molecular complexity index is 845. The minimum atomic E-state index is -0.845. The highest BCUT2D eigenvalue weighted by Crippen LogP contribution is 2.36. The summed E-state index contributed by atoms with van der Waals surface area (Å²) in [5, 5.41) is 5.25. The summed E-state index contributed by atoms with van der Waals surface area (Å²) in [6, 6.07) is 7.82. The number of anilines is 1. The molecule has 1 heterocycles. The van der Waals surface area contributed by atoms with Gasteiger partial charge in [-0.15, -0.1) is 0 Å². The van der Waals surface area contributed by atoms with E-state index in [1.54, 1.807) is 7.05 Å². The minimum Gasteiger partial charge on any atom is -0.388 e. The zero-order valence-corrected chi connectivity index (χ0v) is 14.7. The van der Waals surface area contributed by atoms with Crippen molar-refractivity contribution >= 4 is 17.4 Å². The summed E-state index contributed by atoms with van der Waals surface area (Å²) in [7, 11) is 1.55. The number of carbonyl (C=O) groups excluding carboxylic acids is 2. The number of Topliss-reactive ketones (excluding diaryl/α,β-unsaturated/α-hetero) is 1. The summed E-state index contributed by atoms with van der Waals surface area (Å²) in [4.78, 5) is 24.5. The van der Waals surface area contributed by atoms with Crippen LogP contribution in [-0.4, -0.2) is 25.3 Å². The highest BCUT2D eigenvalue weighted by molar-refractivity contribution is 5.90. The molecule has 0 spiro atoms. The fourth-order valence-electron chi connectivity index (χ4n) is 3.44. The molecule has 7 heteroatoms. The van der Waals surface area contributed by atoms with E-state index in [0.717, 1.165) is 0 Å². The van der Waals surface area contributed by atoms with E-state index in [9.17, 15) is 22.8 Å². The zero-order chi connectivity index (χ0) is 19.6. The summed E-state index contributed by atoms with van der Waals surface area (Å²) >= 11 is 0. The number of ketones is 1. The molecule has 2 atom stereocenters. The molecule has 0 aliphatic carbocycles. The average molecular weight is 376 g/mol. The topological polar surface area (TPSA) is 58.2 Å². The van der Waals surface area contributed by atoms with Crippen LogP contribution < -0.4 is 10.6 Å². The van der Waals surface area contributed by atoms with Crippen molar-refractivity contribution in [1.82, 2.24) is 5.32 Å². The molecular weight excluding hydrogens is 357 g/mol. The number of benzene rings is 2. The fourth-order valence-corrected chi connectivity index (χ4v) is 3.44. The molecule has 3 rings (SSSR count).